The van der Waals surface area contributed by atoms with E-state index in [2.05, 4.69) is 15.7 Å². The Bertz CT molecular complexity index is 1420. The second kappa shape index (κ2) is 10.4. The summed E-state index contributed by atoms with van der Waals surface area (Å²) >= 11 is 5.93. The topological polar surface area (TPSA) is 68.2 Å². The van der Waals surface area contributed by atoms with E-state index < -0.39 is 24.2 Å². The van der Waals surface area contributed by atoms with Gasteiger partial charge in [-0.15, -0.1) is 0 Å². The number of amides is 1. The summed E-state index contributed by atoms with van der Waals surface area (Å²) in [6, 6.07) is 16.4. The van der Waals surface area contributed by atoms with Crippen LogP contribution in [0.2, 0.25) is 5.02 Å². The summed E-state index contributed by atoms with van der Waals surface area (Å²) < 4.78 is 61.2. The van der Waals surface area contributed by atoms with Crippen LogP contribution in [0.25, 0.3) is 0 Å². The van der Waals surface area contributed by atoms with Crippen LogP contribution < -0.4 is 15.4 Å². The Morgan fingerprint density at radius 1 is 1.03 bits per heavy atom. The smallest absolute Gasteiger partial charge is 0.410 e. The molecule has 0 saturated carbocycles. The first-order valence-corrected chi connectivity index (χ1v) is 12.0. The summed E-state index contributed by atoms with van der Waals surface area (Å²) in [4.78, 5) is 13.0. The fourth-order valence-corrected chi connectivity index (χ4v) is 4.36. The van der Waals surface area contributed by atoms with Crippen LogP contribution >= 0.6 is 11.6 Å². The SMILES string of the molecule is O=C(NCc1ccc(Oc2ccc(F)cc2)cc1)c1cnn2c1NC(c1ccc(Cl)cc1)CC2C(F)(F)F. The zero-order chi connectivity index (χ0) is 26.9. The van der Waals surface area contributed by atoms with Crippen molar-refractivity contribution in [3.63, 3.8) is 0 Å². The molecule has 1 aliphatic rings. The number of halogens is 5. The van der Waals surface area contributed by atoms with Crippen LogP contribution in [0.5, 0.6) is 11.5 Å². The van der Waals surface area contributed by atoms with Crippen LogP contribution in [-0.4, -0.2) is 21.9 Å². The highest BCUT2D eigenvalue weighted by atomic mass is 35.5. The average Bonchev–Trinajstić information content (AvgIpc) is 3.33. The molecule has 1 aliphatic heterocycles. The number of alkyl halides is 3. The Kier molecular flexibility index (Phi) is 6.98. The van der Waals surface area contributed by atoms with Crippen LogP contribution in [0.1, 0.15) is 40.0 Å². The van der Waals surface area contributed by atoms with Gasteiger partial charge >= 0.3 is 6.18 Å². The van der Waals surface area contributed by atoms with Crippen molar-refractivity contribution in [3.05, 3.63) is 107 Å². The molecule has 2 heterocycles. The Hall–Kier alpha value is -4.05. The summed E-state index contributed by atoms with van der Waals surface area (Å²) in [7, 11) is 0. The van der Waals surface area contributed by atoms with Gasteiger partial charge in [-0.25, -0.2) is 9.07 Å². The van der Waals surface area contributed by atoms with Crippen molar-refractivity contribution in [3.8, 4) is 11.5 Å². The normalized spacial score (nSPS) is 16.9. The first-order chi connectivity index (χ1) is 18.2. The number of ether oxygens (including phenoxy) is 1. The van der Waals surface area contributed by atoms with Crippen LogP contribution in [0.15, 0.2) is 79.0 Å². The summed E-state index contributed by atoms with van der Waals surface area (Å²) in [5.41, 5.74) is 1.37. The zero-order valence-electron chi connectivity index (χ0n) is 19.7. The fraction of sp³-hybridized carbons (Fsp3) is 0.185. The molecule has 2 N–H and O–H groups in total. The van der Waals surface area contributed by atoms with E-state index in [0.29, 0.717) is 22.1 Å². The van der Waals surface area contributed by atoms with Gasteiger partial charge in [0.1, 0.15) is 28.7 Å². The lowest BCUT2D eigenvalue weighted by atomic mass is 9.96. The molecule has 2 atom stereocenters. The standard InChI is InChI=1S/C27H21ClF4N4O2/c28-18-5-3-17(4-6-18)23-13-24(27(30,31)32)36-25(35-23)22(15-34-36)26(37)33-14-16-1-9-20(10-2-16)38-21-11-7-19(29)8-12-21/h1-12,15,23-24,35H,13-14H2,(H,33,37). The molecule has 6 nitrogen and oxygen atoms in total. The Balaban J connectivity index is 1.29. The lowest BCUT2D eigenvalue weighted by molar-refractivity contribution is -0.173. The predicted octanol–water partition coefficient (Wildman–Crippen LogP) is 7.06. The molecule has 0 bridgehead atoms. The molecule has 0 aliphatic carbocycles. The number of benzene rings is 3. The molecular weight excluding hydrogens is 524 g/mol. The largest absolute Gasteiger partial charge is 0.457 e. The molecule has 38 heavy (non-hydrogen) atoms. The number of hydrogen-bond acceptors (Lipinski definition) is 4. The third-order valence-electron chi connectivity index (χ3n) is 6.18. The molecule has 3 aromatic carbocycles. The molecule has 196 valence electrons. The first-order valence-electron chi connectivity index (χ1n) is 11.6. The van der Waals surface area contributed by atoms with E-state index in [0.717, 1.165) is 16.4 Å². The van der Waals surface area contributed by atoms with Gasteiger partial charge in [0.25, 0.3) is 5.91 Å². The number of nitrogens with zero attached hydrogens (tertiary/aromatic N) is 2. The van der Waals surface area contributed by atoms with Gasteiger partial charge in [0.15, 0.2) is 6.04 Å². The monoisotopic (exact) mass is 544 g/mol. The maximum absolute atomic E-state index is 13.9. The molecule has 1 aromatic heterocycles. The number of nitrogens with one attached hydrogen (secondary N) is 2. The van der Waals surface area contributed by atoms with Crippen molar-refractivity contribution >= 4 is 23.3 Å². The number of rotatable bonds is 6. The third kappa shape index (κ3) is 5.60. The summed E-state index contributed by atoms with van der Waals surface area (Å²) in [5, 5.41) is 10.1. The van der Waals surface area contributed by atoms with Crippen molar-refractivity contribution in [2.75, 3.05) is 5.32 Å². The summed E-state index contributed by atoms with van der Waals surface area (Å²) in [6.45, 7) is 0.129. The number of carbonyl (C=O) groups is 1. The van der Waals surface area contributed by atoms with Gasteiger partial charge in [-0.1, -0.05) is 35.9 Å². The van der Waals surface area contributed by atoms with Crippen molar-refractivity contribution in [1.82, 2.24) is 15.1 Å². The molecule has 11 heteroatoms. The lowest BCUT2D eigenvalue weighted by Gasteiger charge is -2.34. The minimum Gasteiger partial charge on any atom is -0.457 e. The van der Waals surface area contributed by atoms with Crippen molar-refractivity contribution in [1.29, 1.82) is 0 Å². The predicted molar refractivity (Wildman–Crippen MR) is 134 cm³/mol. The highest BCUT2D eigenvalue weighted by molar-refractivity contribution is 6.30. The molecule has 0 spiro atoms. The maximum Gasteiger partial charge on any atom is 0.410 e. The number of fused-ring (bicyclic) bond motifs is 1. The number of hydrogen-bond donors (Lipinski definition) is 2. The highest BCUT2D eigenvalue weighted by Crippen LogP contribution is 2.44. The molecule has 0 radical (unpaired) electrons. The van der Waals surface area contributed by atoms with Crippen molar-refractivity contribution in [2.45, 2.75) is 31.2 Å². The van der Waals surface area contributed by atoms with E-state index in [9.17, 15) is 22.4 Å². The molecule has 2 unspecified atom stereocenters. The van der Waals surface area contributed by atoms with Gasteiger partial charge in [0.05, 0.1) is 12.2 Å². The van der Waals surface area contributed by atoms with Gasteiger partial charge in [-0.3, -0.25) is 4.79 Å². The molecule has 0 saturated heterocycles. The van der Waals surface area contributed by atoms with Gasteiger partial charge in [-0.05, 0) is 59.7 Å². The van der Waals surface area contributed by atoms with Gasteiger partial charge in [0, 0.05) is 18.0 Å². The van der Waals surface area contributed by atoms with E-state index in [1.807, 2.05) is 0 Å². The average molecular weight is 545 g/mol. The minimum absolute atomic E-state index is 0.000860. The summed E-state index contributed by atoms with van der Waals surface area (Å²) in [6.07, 6.45) is -3.70. The van der Waals surface area contributed by atoms with E-state index in [4.69, 9.17) is 16.3 Å². The van der Waals surface area contributed by atoms with Crippen LogP contribution in [0.4, 0.5) is 23.4 Å². The summed E-state index contributed by atoms with van der Waals surface area (Å²) in [5.74, 6) is 0.0583. The highest BCUT2D eigenvalue weighted by Gasteiger charge is 2.47. The Morgan fingerprint density at radius 2 is 1.66 bits per heavy atom. The molecule has 0 fully saturated rings. The van der Waals surface area contributed by atoms with Crippen LogP contribution in [0, 0.1) is 5.82 Å². The maximum atomic E-state index is 13.9. The van der Waals surface area contributed by atoms with Crippen LogP contribution in [-0.2, 0) is 6.54 Å². The quantitative estimate of drug-likeness (QED) is 0.255. The minimum atomic E-state index is -4.56. The second-order valence-corrected chi connectivity index (χ2v) is 9.21. The van der Waals surface area contributed by atoms with E-state index in [-0.39, 0.29) is 30.2 Å². The van der Waals surface area contributed by atoms with Crippen molar-refractivity contribution < 1.29 is 27.1 Å². The van der Waals surface area contributed by atoms with Gasteiger partial charge < -0.3 is 15.4 Å². The second-order valence-electron chi connectivity index (χ2n) is 8.78. The number of carbonyl (C=O) groups excluding carboxylic acids is 1. The Labute approximate surface area is 220 Å². The Morgan fingerprint density at radius 3 is 2.29 bits per heavy atom. The van der Waals surface area contributed by atoms with Crippen LogP contribution in [0.3, 0.4) is 0 Å². The molecule has 5 rings (SSSR count). The van der Waals surface area contributed by atoms with E-state index >= 15 is 0 Å². The fourth-order valence-electron chi connectivity index (χ4n) is 4.23. The van der Waals surface area contributed by atoms with Crippen molar-refractivity contribution in [2.24, 2.45) is 0 Å². The number of anilines is 1. The third-order valence-corrected chi connectivity index (χ3v) is 6.43. The molecular formula is C27H21ClF4N4O2. The van der Waals surface area contributed by atoms with Gasteiger partial charge in [0.2, 0.25) is 0 Å². The first kappa shape index (κ1) is 25.6. The molecule has 1 amide bonds. The zero-order valence-corrected chi connectivity index (χ0v) is 20.4. The van der Waals surface area contributed by atoms with E-state index in [1.165, 1.54) is 24.3 Å². The molecule has 4 aromatic rings. The van der Waals surface area contributed by atoms with Gasteiger partial charge in [-0.2, -0.15) is 18.3 Å². The lowest BCUT2D eigenvalue weighted by Crippen LogP contribution is -2.36. The number of aromatic nitrogens is 2. The van der Waals surface area contributed by atoms with E-state index in [1.54, 1.807) is 48.5 Å².